The normalized spacial score (nSPS) is 32.9. The maximum Gasteiger partial charge on any atom is 0.418 e. The summed E-state index contributed by atoms with van der Waals surface area (Å²) < 4.78 is 63.2. The number of rotatable bonds is 5. The van der Waals surface area contributed by atoms with Crippen molar-refractivity contribution in [2.75, 3.05) is 6.61 Å². The molecule has 0 amide bonds. The molecule has 33 heavy (non-hydrogen) atoms. The monoisotopic (exact) mass is 473 g/mol. The van der Waals surface area contributed by atoms with Crippen LogP contribution in [0, 0.1) is 11.9 Å². The number of halogens is 4. The first kappa shape index (κ1) is 24.2. The molecule has 2 heterocycles. The highest BCUT2D eigenvalue weighted by Gasteiger charge is 2.44. The van der Waals surface area contributed by atoms with Gasteiger partial charge in [0.1, 0.15) is 12.4 Å². The van der Waals surface area contributed by atoms with Gasteiger partial charge in [-0.1, -0.05) is 13.8 Å². The number of aliphatic hydroxyl groups is 2. The van der Waals surface area contributed by atoms with Crippen molar-refractivity contribution in [2.24, 2.45) is 5.92 Å². The third kappa shape index (κ3) is 4.70. The van der Waals surface area contributed by atoms with Crippen LogP contribution in [0.5, 0.6) is 5.75 Å². The van der Waals surface area contributed by atoms with Crippen LogP contribution in [-0.2, 0) is 6.18 Å². The molecule has 2 aliphatic rings. The van der Waals surface area contributed by atoms with Crippen LogP contribution in [0.3, 0.4) is 0 Å². The Kier molecular flexibility index (Phi) is 5.94. The van der Waals surface area contributed by atoms with Gasteiger partial charge in [0, 0.05) is 12.1 Å². The highest BCUT2D eigenvalue weighted by molar-refractivity contribution is 5.85. The molecule has 1 aromatic carbocycles. The van der Waals surface area contributed by atoms with Gasteiger partial charge in [-0.3, -0.25) is 4.68 Å². The molecule has 10 heteroatoms. The topological polar surface area (TPSA) is 79.5 Å². The zero-order valence-electron chi connectivity index (χ0n) is 19.2. The fraction of sp³-hybridized carbons (Fsp3) is 0.696. The Morgan fingerprint density at radius 1 is 1.21 bits per heavy atom. The van der Waals surface area contributed by atoms with Gasteiger partial charge >= 0.3 is 6.18 Å². The van der Waals surface area contributed by atoms with Crippen LogP contribution in [0.2, 0.25) is 0 Å². The molecule has 184 valence electrons. The summed E-state index contributed by atoms with van der Waals surface area (Å²) >= 11 is 0. The Morgan fingerprint density at radius 2 is 1.88 bits per heavy atom. The van der Waals surface area contributed by atoms with E-state index in [1.807, 2.05) is 20.8 Å². The number of ether oxygens (including phenoxy) is 1. The molecule has 1 saturated heterocycles. The third-order valence-electron chi connectivity index (χ3n) is 7.04. The van der Waals surface area contributed by atoms with E-state index in [4.69, 9.17) is 4.74 Å². The predicted molar refractivity (Wildman–Crippen MR) is 114 cm³/mol. The Morgan fingerprint density at radius 3 is 2.45 bits per heavy atom. The smallest absolute Gasteiger partial charge is 0.418 e. The summed E-state index contributed by atoms with van der Waals surface area (Å²) in [4.78, 5) is 0. The quantitative estimate of drug-likeness (QED) is 0.568. The van der Waals surface area contributed by atoms with Gasteiger partial charge in [-0.15, -0.1) is 5.10 Å². The molecule has 4 rings (SSSR count). The van der Waals surface area contributed by atoms with Crippen molar-refractivity contribution in [1.29, 1.82) is 0 Å². The molecule has 3 N–H and O–H groups in total. The lowest BCUT2D eigenvalue weighted by Crippen LogP contribution is -2.56. The molecule has 0 spiro atoms. The first-order chi connectivity index (χ1) is 15.2. The highest BCUT2D eigenvalue weighted by atomic mass is 19.4. The van der Waals surface area contributed by atoms with Crippen molar-refractivity contribution in [3.63, 3.8) is 0 Å². The summed E-state index contributed by atoms with van der Waals surface area (Å²) in [6.07, 6.45) is -3.38. The number of hydrogen-bond acceptors (Lipinski definition) is 5. The van der Waals surface area contributed by atoms with E-state index < -0.39 is 34.9 Å². The maximum absolute atomic E-state index is 14.6. The molecular formula is C23H31F4N3O3. The number of piperidine rings is 1. The molecule has 1 saturated carbocycles. The summed E-state index contributed by atoms with van der Waals surface area (Å²) in [6.45, 7) is 7.42. The van der Waals surface area contributed by atoms with Crippen LogP contribution in [-0.4, -0.2) is 49.9 Å². The molecule has 3 atom stereocenters. The van der Waals surface area contributed by atoms with E-state index in [1.54, 1.807) is 6.92 Å². The van der Waals surface area contributed by atoms with Gasteiger partial charge in [0.15, 0.2) is 0 Å². The molecule has 3 unspecified atom stereocenters. The second-order valence-corrected chi connectivity index (χ2v) is 10.4. The van der Waals surface area contributed by atoms with Crippen LogP contribution in [0.4, 0.5) is 17.6 Å². The number of hydrogen-bond donors (Lipinski definition) is 3. The molecule has 0 radical (unpaired) electrons. The summed E-state index contributed by atoms with van der Waals surface area (Å²) in [6, 6.07) is 1.35. The van der Waals surface area contributed by atoms with Crippen molar-refractivity contribution < 1.29 is 32.5 Å². The SMILES string of the molecule is CC1CC(O)(C(C)C)CC(COc2cc(C(F)(F)F)c3c(c2)c(F)nn3C2CC(C)(O)C2)N1. The first-order valence-electron chi connectivity index (χ1n) is 11.3. The van der Waals surface area contributed by atoms with E-state index in [9.17, 15) is 27.8 Å². The number of fused-ring (bicyclic) bond motifs is 1. The lowest BCUT2D eigenvalue weighted by molar-refractivity contribution is -0.136. The second kappa shape index (κ2) is 8.09. The minimum absolute atomic E-state index is 0.0170. The van der Waals surface area contributed by atoms with Gasteiger partial charge in [-0.25, -0.2) is 0 Å². The molecule has 2 aromatic rings. The second-order valence-electron chi connectivity index (χ2n) is 10.4. The van der Waals surface area contributed by atoms with Crippen LogP contribution in [0.25, 0.3) is 10.9 Å². The molecule has 1 aliphatic carbocycles. The standard InChI is InChI=1S/C23H31F4N3O3/c1-12(2)22(32)7-13(3)28-14(8-22)11-33-16-5-17-19(18(6-16)23(25,26)27)30(29-20(17)24)15-9-21(4,31)10-15/h5-6,12-15,28,31-32H,7-11H2,1-4H3. The Hall–Kier alpha value is -1.91. The zero-order valence-corrected chi connectivity index (χ0v) is 19.2. The number of alkyl halides is 3. The minimum atomic E-state index is -4.75. The van der Waals surface area contributed by atoms with Gasteiger partial charge in [-0.2, -0.15) is 17.6 Å². The summed E-state index contributed by atoms with van der Waals surface area (Å²) in [5.74, 6) is -1.10. The van der Waals surface area contributed by atoms with E-state index in [-0.39, 0.29) is 54.1 Å². The van der Waals surface area contributed by atoms with E-state index in [2.05, 4.69) is 10.4 Å². The first-order valence-corrected chi connectivity index (χ1v) is 11.3. The van der Waals surface area contributed by atoms with E-state index in [1.165, 1.54) is 6.07 Å². The van der Waals surface area contributed by atoms with Crippen LogP contribution in [0.15, 0.2) is 12.1 Å². The van der Waals surface area contributed by atoms with Crippen LogP contribution < -0.4 is 10.1 Å². The lowest BCUT2D eigenvalue weighted by atomic mass is 9.77. The molecule has 2 fully saturated rings. The molecular weight excluding hydrogens is 442 g/mol. The van der Waals surface area contributed by atoms with Crippen molar-refractivity contribution in [3.05, 3.63) is 23.6 Å². The van der Waals surface area contributed by atoms with Crippen LogP contribution >= 0.6 is 0 Å². The third-order valence-corrected chi connectivity index (χ3v) is 7.04. The summed E-state index contributed by atoms with van der Waals surface area (Å²) in [5, 5.41) is 27.7. The lowest BCUT2D eigenvalue weighted by Gasteiger charge is -2.43. The number of nitrogens with one attached hydrogen (secondary N) is 1. The molecule has 1 aromatic heterocycles. The molecule has 0 bridgehead atoms. The minimum Gasteiger partial charge on any atom is -0.492 e. The number of nitrogens with zero attached hydrogens (tertiary/aromatic N) is 2. The Bertz CT molecular complexity index is 1030. The summed E-state index contributed by atoms with van der Waals surface area (Å²) in [5.41, 5.74) is -3.26. The van der Waals surface area contributed by atoms with Crippen molar-refractivity contribution in [1.82, 2.24) is 15.1 Å². The zero-order chi connectivity index (χ0) is 24.3. The van der Waals surface area contributed by atoms with E-state index >= 15 is 0 Å². The van der Waals surface area contributed by atoms with Crippen molar-refractivity contribution >= 4 is 10.9 Å². The van der Waals surface area contributed by atoms with Gasteiger partial charge in [0.05, 0.1) is 33.7 Å². The van der Waals surface area contributed by atoms with E-state index in [0.717, 1.165) is 10.7 Å². The van der Waals surface area contributed by atoms with E-state index in [0.29, 0.717) is 12.8 Å². The number of benzene rings is 1. The largest absolute Gasteiger partial charge is 0.492 e. The Labute approximate surface area is 189 Å². The fourth-order valence-corrected chi connectivity index (χ4v) is 5.24. The molecule has 1 aliphatic heterocycles. The predicted octanol–water partition coefficient (Wildman–Crippen LogP) is 4.19. The average molecular weight is 474 g/mol. The van der Waals surface area contributed by atoms with Gasteiger partial charge in [0.2, 0.25) is 5.95 Å². The average Bonchev–Trinajstić information content (AvgIpc) is 2.98. The molecule has 6 nitrogen and oxygen atoms in total. The highest BCUT2D eigenvalue weighted by Crippen LogP contribution is 2.45. The van der Waals surface area contributed by atoms with Gasteiger partial charge in [0.25, 0.3) is 0 Å². The maximum atomic E-state index is 14.6. The van der Waals surface area contributed by atoms with Crippen molar-refractivity contribution in [3.8, 4) is 5.75 Å². The van der Waals surface area contributed by atoms with Gasteiger partial charge in [-0.05, 0) is 57.6 Å². The Balaban J connectivity index is 1.62. The van der Waals surface area contributed by atoms with Crippen LogP contribution in [0.1, 0.15) is 65.0 Å². The number of aromatic nitrogens is 2. The summed E-state index contributed by atoms with van der Waals surface area (Å²) in [7, 11) is 0. The van der Waals surface area contributed by atoms with Crippen molar-refractivity contribution in [2.45, 2.75) is 88.9 Å². The fourth-order valence-electron chi connectivity index (χ4n) is 5.24. The van der Waals surface area contributed by atoms with Gasteiger partial charge < -0.3 is 20.3 Å².